The third-order valence-electron chi connectivity index (χ3n) is 4.70. The fraction of sp³-hybridized carbons (Fsp3) is 0.450. The first kappa shape index (κ1) is 20.6. The molecule has 1 unspecified atom stereocenters. The first-order chi connectivity index (χ1) is 12.9. The van der Waals surface area contributed by atoms with Crippen LogP contribution in [0.2, 0.25) is 0 Å². The molecule has 2 rings (SSSR count). The van der Waals surface area contributed by atoms with Gasteiger partial charge in [-0.05, 0) is 31.4 Å². The molecule has 0 bridgehead atoms. The molecule has 1 aliphatic heterocycles. The Hall–Kier alpha value is -2.67. The van der Waals surface area contributed by atoms with E-state index in [4.69, 9.17) is 4.74 Å². The molecule has 0 aromatic heterocycles. The Morgan fingerprint density at radius 1 is 1.33 bits per heavy atom. The molecule has 7 nitrogen and oxygen atoms in total. The van der Waals surface area contributed by atoms with Crippen molar-refractivity contribution < 1.29 is 19.1 Å². The molecule has 1 aromatic carbocycles. The van der Waals surface area contributed by atoms with Crippen molar-refractivity contribution in [3.05, 3.63) is 36.4 Å². The van der Waals surface area contributed by atoms with Gasteiger partial charge >= 0.3 is 0 Å². The average Bonchev–Trinajstić information content (AvgIpc) is 3.06. The molecular formula is C20H27N3O4. The van der Waals surface area contributed by atoms with Gasteiger partial charge in [-0.3, -0.25) is 24.2 Å². The minimum atomic E-state index is -0.399. The van der Waals surface area contributed by atoms with Gasteiger partial charge in [-0.2, -0.15) is 0 Å². The maximum atomic E-state index is 12.6. The number of rotatable bonds is 7. The number of imide groups is 1. The molecule has 7 heteroatoms. The molecule has 0 radical (unpaired) electrons. The predicted molar refractivity (Wildman–Crippen MR) is 104 cm³/mol. The standard InChI is InChI=1S/C20H27N3O4/c1-5-7-16-8-6-11-22(16)13-21-20(26)18-10-9-17(12-19(18)27-4)23(14(2)24)15(3)25/h5,9-10,12,16H,1,6-8,11,13H2,2-4H3,(H,21,26). The molecule has 1 fully saturated rings. The number of methoxy groups -OCH3 is 1. The molecule has 1 atom stereocenters. The normalized spacial score (nSPS) is 16.6. The van der Waals surface area contributed by atoms with Crippen LogP contribution in [0.5, 0.6) is 5.75 Å². The molecule has 0 aliphatic carbocycles. The van der Waals surface area contributed by atoms with Gasteiger partial charge in [0.15, 0.2) is 0 Å². The lowest BCUT2D eigenvalue weighted by Gasteiger charge is -2.24. The Morgan fingerprint density at radius 2 is 2.04 bits per heavy atom. The second kappa shape index (κ2) is 9.32. The van der Waals surface area contributed by atoms with E-state index in [0.29, 0.717) is 29.7 Å². The van der Waals surface area contributed by atoms with Crippen LogP contribution in [0.1, 0.15) is 43.5 Å². The highest BCUT2D eigenvalue weighted by molar-refractivity contribution is 6.13. The molecule has 1 aromatic rings. The van der Waals surface area contributed by atoms with Gasteiger partial charge in [0.1, 0.15) is 5.75 Å². The largest absolute Gasteiger partial charge is 0.496 e. The Kier molecular flexibility index (Phi) is 7.12. The van der Waals surface area contributed by atoms with Crippen LogP contribution in [-0.4, -0.2) is 49.0 Å². The summed E-state index contributed by atoms with van der Waals surface area (Å²) in [4.78, 5) is 39.3. The topological polar surface area (TPSA) is 79.0 Å². The van der Waals surface area contributed by atoms with Crippen molar-refractivity contribution >= 4 is 23.4 Å². The summed E-state index contributed by atoms with van der Waals surface area (Å²) < 4.78 is 5.31. The number of hydrogen-bond donors (Lipinski definition) is 1. The van der Waals surface area contributed by atoms with Crippen LogP contribution in [0.3, 0.4) is 0 Å². The molecule has 146 valence electrons. The molecule has 1 heterocycles. The fourth-order valence-electron chi connectivity index (χ4n) is 3.42. The van der Waals surface area contributed by atoms with E-state index < -0.39 is 11.8 Å². The molecule has 3 amide bonds. The van der Waals surface area contributed by atoms with Crippen molar-refractivity contribution in [1.29, 1.82) is 0 Å². The molecule has 1 saturated heterocycles. The smallest absolute Gasteiger partial charge is 0.256 e. The summed E-state index contributed by atoms with van der Waals surface area (Å²) in [6, 6.07) is 5.06. The van der Waals surface area contributed by atoms with Gasteiger partial charge in [0.2, 0.25) is 11.8 Å². The first-order valence-electron chi connectivity index (χ1n) is 9.01. The maximum Gasteiger partial charge on any atom is 0.256 e. The van der Waals surface area contributed by atoms with Crippen LogP contribution in [0.4, 0.5) is 5.69 Å². The third-order valence-corrected chi connectivity index (χ3v) is 4.70. The summed E-state index contributed by atoms with van der Waals surface area (Å²) in [5.74, 6) is -0.755. The highest BCUT2D eigenvalue weighted by Gasteiger charge is 2.24. The molecule has 0 spiro atoms. The van der Waals surface area contributed by atoms with E-state index in [-0.39, 0.29) is 5.91 Å². The Bertz CT molecular complexity index is 718. The van der Waals surface area contributed by atoms with Gasteiger partial charge in [-0.25, -0.2) is 0 Å². The zero-order valence-corrected chi connectivity index (χ0v) is 16.2. The van der Waals surface area contributed by atoms with Crippen LogP contribution >= 0.6 is 0 Å². The van der Waals surface area contributed by atoms with E-state index in [1.54, 1.807) is 12.1 Å². The summed E-state index contributed by atoms with van der Waals surface area (Å²) in [6.45, 7) is 7.81. The summed E-state index contributed by atoms with van der Waals surface area (Å²) in [7, 11) is 1.45. The Balaban J connectivity index is 2.13. The number of carbonyl (C=O) groups is 3. The van der Waals surface area contributed by atoms with Crippen molar-refractivity contribution in [3.63, 3.8) is 0 Å². The predicted octanol–water partition coefficient (Wildman–Crippen LogP) is 2.32. The van der Waals surface area contributed by atoms with E-state index >= 15 is 0 Å². The Labute approximate surface area is 160 Å². The molecule has 1 aliphatic rings. The number of hydrogen-bond acceptors (Lipinski definition) is 5. The summed E-state index contributed by atoms with van der Waals surface area (Å²) in [6.07, 6.45) is 5.02. The van der Waals surface area contributed by atoms with Crippen molar-refractivity contribution in [2.75, 3.05) is 25.2 Å². The van der Waals surface area contributed by atoms with E-state index in [1.807, 2.05) is 6.08 Å². The Morgan fingerprint density at radius 3 is 2.63 bits per heavy atom. The van der Waals surface area contributed by atoms with Crippen molar-refractivity contribution in [1.82, 2.24) is 10.2 Å². The lowest BCUT2D eigenvalue weighted by atomic mass is 10.1. The zero-order valence-electron chi connectivity index (χ0n) is 16.2. The minimum absolute atomic E-state index is 0.264. The average molecular weight is 373 g/mol. The van der Waals surface area contributed by atoms with E-state index in [1.165, 1.54) is 27.0 Å². The summed E-state index contributed by atoms with van der Waals surface area (Å²) in [5.41, 5.74) is 0.724. The van der Waals surface area contributed by atoms with Gasteiger partial charge < -0.3 is 10.1 Å². The van der Waals surface area contributed by atoms with Crippen LogP contribution in [0.15, 0.2) is 30.9 Å². The van der Waals surface area contributed by atoms with Crippen LogP contribution in [-0.2, 0) is 9.59 Å². The second-order valence-electron chi connectivity index (χ2n) is 6.55. The summed E-state index contributed by atoms with van der Waals surface area (Å²) in [5, 5.41) is 2.92. The van der Waals surface area contributed by atoms with Crippen molar-refractivity contribution in [3.8, 4) is 5.75 Å². The number of nitrogens with zero attached hydrogens (tertiary/aromatic N) is 2. The number of amides is 3. The van der Waals surface area contributed by atoms with Gasteiger partial charge in [0, 0.05) is 32.5 Å². The molecule has 27 heavy (non-hydrogen) atoms. The number of carbonyl (C=O) groups excluding carboxylic acids is 3. The van der Waals surface area contributed by atoms with Crippen molar-refractivity contribution in [2.24, 2.45) is 0 Å². The lowest BCUT2D eigenvalue weighted by Crippen LogP contribution is -2.40. The van der Waals surface area contributed by atoms with Gasteiger partial charge in [0.05, 0.1) is 25.0 Å². The number of benzene rings is 1. The van der Waals surface area contributed by atoms with Crippen LogP contribution in [0.25, 0.3) is 0 Å². The second-order valence-corrected chi connectivity index (χ2v) is 6.55. The monoisotopic (exact) mass is 373 g/mol. The number of anilines is 1. The van der Waals surface area contributed by atoms with Crippen LogP contribution in [0, 0.1) is 0 Å². The number of nitrogens with one attached hydrogen (secondary N) is 1. The highest BCUT2D eigenvalue weighted by atomic mass is 16.5. The quantitative estimate of drug-likeness (QED) is 0.742. The van der Waals surface area contributed by atoms with E-state index in [2.05, 4.69) is 16.8 Å². The molecule has 0 saturated carbocycles. The SMILES string of the molecule is C=CCC1CCCN1CNC(=O)c1ccc(N(C(C)=O)C(C)=O)cc1OC. The minimum Gasteiger partial charge on any atom is -0.496 e. The first-order valence-corrected chi connectivity index (χ1v) is 9.01. The van der Waals surface area contributed by atoms with Crippen LogP contribution < -0.4 is 15.0 Å². The fourth-order valence-corrected chi connectivity index (χ4v) is 3.42. The zero-order chi connectivity index (χ0) is 20.0. The van der Waals surface area contributed by atoms with Gasteiger partial charge in [0.25, 0.3) is 5.91 Å². The maximum absolute atomic E-state index is 12.6. The number of ether oxygens (including phenoxy) is 1. The van der Waals surface area contributed by atoms with Gasteiger partial charge in [-0.1, -0.05) is 6.08 Å². The summed E-state index contributed by atoms with van der Waals surface area (Å²) >= 11 is 0. The van der Waals surface area contributed by atoms with E-state index in [0.717, 1.165) is 30.7 Å². The van der Waals surface area contributed by atoms with Gasteiger partial charge in [-0.15, -0.1) is 6.58 Å². The molecule has 1 N–H and O–H groups in total. The highest BCUT2D eigenvalue weighted by Crippen LogP contribution is 2.26. The lowest BCUT2D eigenvalue weighted by molar-refractivity contribution is -0.124. The number of likely N-dealkylation sites (tertiary alicyclic amines) is 1. The third kappa shape index (κ3) is 4.95. The molecular weight excluding hydrogens is 346 g/mol. The van der Waals surface area contributed by atoms with Crippen molar-refractivity contribution in [2.45, 2.75) is 39.2 Å². The van der Waals surface area contributed by atoms with E-state index in [9.17, 15) is 14.4 Å².